The van der Waals surface area contributed by atoms with E-state index in [2.05, 4.69) is 18.9 Å². The number of anilines is 1. The third-order valence-corrected chi connectivity index (χ3v) is 6.38. The molecule has 0 spiro atoms. The number of aromatic nitrogens is 3. The first-order valence-electron chi connectivity index (χ1n) is 9.52. The van der Waals surface area contributed by atoms with E-state index in [9.17, 15) is 4.79 Å². The standard InChI is InChI=1S/C22H22N4OS2/c1-16(2)28-18-8-5-7-17(15-18)21(27)26(14-13-25-12-6-11-23-25)22-24-19-9-3-4-10-20(19)29-22/h3-12,15-16H,13-14H2,1-2H3. The fourth-order valence-corrected chi connectivity index (χ4v) is 4.91. The average molecular weight is 423 g/mol. The molecule has 0 bridgehead atoms. The van der Waals surface area contributed by atoms with E-state index in [-0.39, 0.29) is 5.91 Å². The van der Waals surface area contributed by atoms with Gasteiger partial charge in [0.1, 0.15) is 0 Å². The number of carbonyl (C=O) groups is 1. The van der Waals surface area contributed by atoms with E-state index < -0.39 is 0 Å². The molecule has 0 saturated heterocycles. The molecule has 0 fully saturated rings. The minimum Gasteiger partial charge on any atom is -0.282 e. The van der Waals surface area contributed by atoms with Crippen molar-refractivity contribution in [2.45, 2.75) is 30.5 Å². The van der Waals surface area contributed by atoms with Crippen LogP contribution in [0.5, 0.6) is 0 Å². The molecule has 0 aliphatic rings. The second kappa shape index (κ2) is 8.80. The van der Waals surface area contributed by atoms with Crippen molar-refractivity contribution in [3.8, 4) is 0 Å². The number of benzene rings is 2. The molecule has 2 heterocycles. The van der Waals surface area contributed by atoms with E-state index in [0.717, 1.165) is 15.1 Å². The molecule has 5 nitrogen and oxygen atoms in total. The molecular formula is C22H22N4OS2. The highest BCUT2D eigenvalue weighted by Crippen LogP contribution is 2.30. The highest BCUT2D eigenvalue weighted by atomic mass is 32.2. The van der Waals surface area contributed by atoms with Crippen LogP contribution >= 0.6 is 23.1 Å². The largest absolute Gasteiger partial charge is 0.282 e. The van der Waals surface area contributed by atoms with Crippen molar-refractivity contribution in [1.29, 1.82) is 0 Å². The summed E-state index contributed by atoms with van der Waals surface area (Å²) >= 11 is 3.29. The van der Waals surface area contributed by atoms with Crippen molar-refractivity contribution >= 4 is 44.4 Å². The van der Waals surface area contributed by atoms with Gasteiger partial charge in [0.25, 0.3) is 5.91 Å². The lowest BCUT2D eigenvalue weighted by Crippen LogP contribution is -2.34. The first-order chi connectivity index (χ1) is 14.1. The van der Waals surface area contributed by atoms with Gasteiger partial charge in [-0.1, -0.05) is 43.4 Å². The molecule has 0 saturated carbocycles. The molecule has 29 heavy (non-hydrogen) atoms. The summed E-state index contributed by atoms with van der Waals surface area (Å²) in [6.07, 6.45) is 3.65. The first kappa shape index (κ1) is 19.7. The van der Waals surface area contributed by atoms with Gasteiger partial charge < -0.3 is 0 Å². The summed E-state index contributed by atoms with van der Waals surface area (Å²) < 4.78 is 2.90. The van der Waals surface area contributed by atoms with E-state index in [4.69, 9.17) is 4.98 Å². The number of carbonyl (C=O) groups excluding carboxylic acids is 1. The van der Waals surface area contributed by atoms with Crippen molar-refractivity contribution in [3.05, 3.63) is 72.6 Å². The molecule has 0 aliphatic carbocycles. The van der Waals surface area contributed by atoms with Crippen LogP contribution in [0.3, 0.4) is 0 Å². The summed E-state index contributed by atoms with van der Waals surface area (Å²) in [4.78, 5) is 21.1. The second-order valence-electron chi connectivity index (χ2n) is 6.88. The van der Waals surface area contributed by atoms with E-state index in [1.54, 1.807) is 22.9 Å². The zero-order chi connectivity index (χ0) is 20.2. The molecule has 0 radical (unpaired) electrons. The molecule has 2 aromatic carbocycles. The SMILES string of the molecule is CC(C)Sc1cccc(C(=O)N(CCn2cccn2)c2nc3ccccc3s2)c1. The number of thiazole rings is 1. The van der Waals surface area contributed by atoms with Gasteiger partial charge in [-0.05, 0) is 36.4 Å². The maximum absolute atomic E-state index is 13.5. The second-order valence-corrected chi connectivity index (χ2v) is 9.54. The van der Waals surface area contributed by atoms with Crippen LogP contribution in [0.25, 0.3) is 10.2 Å². The fourth-order valence-electron chi connectivity index (χ4n) is 3.03. The smallest absolute Gasteiger partial charge is 0.260 e. The summed E-state index contributed by atoms with van der Waals surface area (Å²) in [6.45, 7) is 5.41. The summed E-state index contributed by atoms with van der Waals surface area (Å²) in [6, 6.07) is 17.7. The molecule has 148 valence electrons. The van der Waals surface area contributed by atoms with Crippen molar-refractivity contribution in [2.24, 2.45) is 0 Å². The number of fused-ring (bicyclic) bond motifs is 1. The lowest BCUT2D eigenvalue weighted by Gasteiger charge is -2.20. The number of nitrogens with zero attached hydrogens (tertiary/aromatic N) is 4. The van der Waals surface area contributed by atoms with E-state index in [0.29, 0.717) is 29.0 Å². The number of para-hydroxylation sites is 1. The Labute approximate surface area is 178 Å². The van der Waals surface area contributed by atoms with Crippen LogP contribution in [0, 0.1) is 0 Å². The van der Waals surface area contributed by atoms with Gasteiger partial charge in [0.15, 0.2) is 5.13 Å². The molecule has 0 aliphatic heterocycles. The van der Waals surface area contributed by atoms with Crippen LogP contribution in [0.15, 0.2) is 71.9 Å². The van der Waals surface area contributed by atoms with Crippen LogP contribution in [0.1, 0.15) is 24.2 Å². The highest BCUT2D eigenvalue weighted by molar-refractivity contribution is 7.99. The quantitative estimate of drug-likeness (QED) is 0.377. The van der Waals surface area contributed by atoms with Crippen LogP contribution in [-0.4, -0.2) is 32.5 Å². The third-order valence-electron chi connectivity index (χ3n) is 4.32. The maximum atomic E-state index is 13.5. The van der Waals surface area contributed by atoms with Crippen molar-refractivity contribution < 1.29 is 4.79 Å². The number of hydrogen-bond acceptors (Lipinski definition) is 5. The Morgan fingerprint density at radius 3 is 2.79 bits per heavy atom. The van der Waals surface area contributed by atoms with Gasteiger partial charge in [0.2, 0.25) is 0 Å². The van der Waals surface area contributed by atoms with Gasteiger partial charge in [-0.3, -0.25) is 14.4 Å². The number of amides is 1. The lowest BCUT2D eigenvalue weighted by atomic mass is 10.2. The van der Waals surface area contributed by atoms with Crippen molar-refractivity contribution in [3.63, 3.8) is 0 Å². The zero-order valence-corrected chi connectivity index (χ0v) is 18.0. The highest BCUT2D eigenvalue weighted by Gasteiger charge is 2.21. The summed E-state index contributed by atoms with van der Waals surface area (Å²) in [5.41, 5.74) is 1.59. The number of rotatable bonds is 7. The Balaban J connectivity index is 1.66. The Bertz CT molecular complexity index is 1070. The molecule has 7 heteroatoms. The zero-order valence-electron chi connectivity index (χ0n) is 16.4. The number of thioether (sulfide) groups is 1. The first-order valence-corrected chi connectivity index (χ1v) is 11.2. The van der Waals surface area contributed by atoms with E-state index >= 15 is 0 Å². The minimum absolute atomic E-state index is 0.0394. The van der Waals surface area contributed by atoms with Crippen molar-refractivity contribution in [1.82, 2.24) is 14.8 Å². The van der Waals surface area contributed by atoms with E-state index in [1.807, 2.05) is 65.5 Å². The number of hydrogen-bond donors (Lipinski definition) is 0. The molecule has 0 unspecified atom stereocenters. The van der Waals surface area contributed by atoms with Crippen LogP contribution in [-0.2, 0) is 6.54 Å². The summed E-state index contributed by atoms with van der Waals surface area (Å²) in [5, 5.41) is 5.43. The molecule has 4 aromatic rings. The summed E-state index contributed by atoms with van der Waals surface area (Å²) in [5.74, 6) is -0.0394. The summed E-state index contributed by atoms with van der Waals surface area (Å²) in [7, 11) is 0. The van der Waals surface area contributed by atoms with Gasteiger partial charge in [-0.25, -0.2) is 4.98 Å². The van der Waals surface area contributed by atoms with Crippen LogP contribution in [0.4, 0.5) is 5.13 Å². The maximum Gasteiger partial charge on any atom is 0.260 e. The molecule has 4 rings (SSSR count). The molecule has 1 amide bonds. The van der Waals surface area contributed by atoms with Gasteiger partial charge in [-0.2, -0.15) is 5.10 Å². The topological polar surface area (TPSA) is 51.0 Å². The predicted octanol–water partition coefficient (Wildman–Crippen LogP) is 5.34. The normalized spacial score (nSPS) is 11.3. The molecule has 0 atom stereocenters. The van der Waals surface area contributed by atoms with Gasteiger partial charge in [-0.15, -0.1) is 11.8 Å². The Hall–Kier alpha value is -2.64. The van der Waals surface area contributed by atoms with Crippen molar-refractivity contribution in [2.75, 3.05) is 11.4 Å². The third kappa shape index (κ3) is 4.68. The van der Waals surface area contributed by atoms with Gasteiger partial charge in [0, 0.05) is 34.6 Å². The molecule has 0 N–H and O–H groups in total. The monoisotopic (exact) mass is 422 g/mol. The van der Waals surface area contributed by atoms with Crippen LogP contribution < -0.4 is 4.90 Å². The van der Waals surface area contributed by atoms with E-state index in [1.165, 1.54) is 11.3 Å². The Morgan fingerprint density at radius 1 is 1.17 bits per heavy atom. The lowest BCUT2D eigenvalue weighted by molar-refractivity contribution is 0.0985. The van der Waals surface area contributed by atoms with Crippen LogP contribution in [0.2, 0.25) is 0 Å². The van der Waals surface area contributed by atoms with Gasteiger partial charge >= 0.3 is 0 Å². The fraction of sp³-hybridized carbons (Fsp3) is 0.227. The molecule has 2 aromatic heterocycles. The average Bonchev–Trinajstić information content (AvgIpc) is 3.37. The predicted molar refractivity (Wildman–Crippen MR) is 121 cm³/mol. The Kier molecular flexibility index (Phi) is 5.97. The molecular weight excluding hydrogens is 400 g/mol. The van der Waals surface area contributed by atoms with Gasteiger partial charge in [0.05, 0.1) is 16.8 Å². The minimum atomic E-state index is -0.0394. The Morgan fingerprint density at radius 2 is 2.03 bits per heavy atom.